The zero-order valence-corrected chi connectivity index (χ0v) is 14.0. The summed E-state index contributed by atoms with van der Waals surface area (Å²) in [6.45, 7) is 3.80. The molecule has 0 spiro atoms. The summed E-state index contributed by atoms with van der Waals surface area (Å²) in [5, 5.41) is 6.87. The van der Waals surface area contributed by atoms with Crippen molar-refractivity contribution in [1.82, 2.24) is 10.6 Å². The van der Waals surface area contributed by atoms with E-state index in [9.17, 15) is 4.79 Å². The van der Waals surface area contributed by atoms with E-state index in [1.54, 1.807) is 0 Å². The van der Waals surface area contributed by atoms with E-state index >= 15 is 0 Å². The number of fused-ring (bicyclic) bond motifs is 1. The maximum atomic E-state index is 11.9. The number of hydrogen-bond donors (Lipinski definition) is 2. The number of ether oxygens (including phenoxy) is 2. The third kappa shape index (κ3) is 4.52. The van der Waals surface area contributed by atoms with E-state index in [2.05, 4.69) is 10.6 Å². The second kappa shape index (κ2) is 7.88. The Morgan fingerprint density at radius 2 is 2.22 bits per heavy atom. The lowest BCUT2D eigenvalue weighted by atomic mass is 10.0. The van der Waals surface area contributed by atoms with Crippen LogP contribution in [0.3, 0.4) is 0 Å². The standard InChI is InChI=1S/C17H23ClN2O3/c18-14-9-13(10-15-17(14)23-8-7-22-15)4-6-20-16(21)2-1-12-3-5-19-11-12/h9-10,12,19H,1-8,11H2,(H,20,21). The van der Waals surface area contributed by atoms with Crippen LogP contribution in [-0.4, -0.2) is 38.8 Å². The van der Waals surface area contributed by atoms with Crippen molar-refractivity contribution in [2.75, 3.05) is 32.8 Å². The first-order chi connectivity index (χ1) is 11.2. The third-order valence-corrected chi connectivity index (χ3v) is 4.62. The lowest BCUT2D eigenvalue weighted by Gasteiger charge is -2.20. The van der Waals surface area contributed by atoms with Gasteiger partial charge >= 0.3 is 0 Å². The first-order valence-electron chi connectivity index (χ1n) is 8.28. The molecule has 2 aliphatic rings. The number of carbonyl (C=O) groups excluding carboxylic acids is 1. The lowest BCUT2D eigenvalue weighted by molar-refractivity contribution is -0.121. The molecular formula is C17H23ClN2O3. The number of hydrogen-bond acceptors (Lipinski definition) is 4. The fourth-order valence-corrected chi connectivity index (χ4v) is 3.33. The van der Waals surface area contributed by atoms with Gasteiger partial charge in [0.1, 0.15) is 13.2 Å². The lowest BCUT2D eigenvalue weighted by Crippen LogP contribution is -2.26. The van der Waals surface area contributed by atoms with Gasteiger partial charge in [-0.15, -0.1) is 0 Å². The van der Waals surface area contributed by atoms with Gasteiger partial charge < -0.3 is 20.1 Å². The van der Waals surface area contributed by atoms with Gasteiger partial charge in [-0.2, -0.15) is 0 Å². The molecule has 1 saturated heterocycles. The van der Waals surface area contributed by atoms with E-state index in [4.69, 9.17) is 21.1 Å². The number of halogens is 1. The Hall–Kier alpha value is -1.46. The van der Waals surface area contributed by atoms with Crippen molar-refractivity contribution in [2.45, 2.75) is 25.7 Å². The molecule has 1 atom stereocenters. The number of benzene rings is 1. The Balaban J connectivity index is 1.43. The quantitative estimate of drug-likeness (QED) is 0.834. The molecule has 23 heavy (non-hydrogen) atoms. The van der Waals surface area contributed by atoms with Crippen molar-refractivity contribution in [3.8, 4) is 11.5 Å². The van der Waals surface area contributed by atoms with Crippen LogP contribution in [0.4, 0.5) is 0 Å². The van der Waals surface area contributed by atoms with Crippen molar-refractivity contribution < 1.29 is 14.3 Å². The highest BCUT2D eigenvalue weighted by molar-refractivity contribution is 6.32. The zero-order chi connectivity index (χ0) is 16.1. The van der Waals surface area contributed by atoms with Gasteiger partial charge in [-0.1, -0.05) is 11.6 Å². The molecular weight excluding hydrogens is 316 g/mol. The fraction of sp³-hybridized carbons (Fsp3) is 0.588. The van der Waals surface area contributed by atoms with Crippen LogP contribution in [0, 0.1) is 5.92 Å². The van der Waals surface area contributed by atoms with Gasteiger partial charge in [0.2, 0.25) is 5.91 Å². The minimum atomic E-state index is 0.126. The minimum Gasteiger partial charge on any atom is -0.486 e. The average molecular weight is 339 g/mol. The predicted molar refractivity (Wildman–Crippen MR) is 89.4 cm³/mol. The van der Waals surface area contributed by atoms with Crippen molar-refractivity contribution in [3.63, 3.8) is 0 Å². The second-order valence-electron chi connectivity index (χ2n) is 6.10. The summed E-state index contributed by atoms with van der Waals surface area (Å²) in [5.74, 6) is 2.09. The first-order valence-corrected chi connectivity index (χ1v) is 8.65. The normalized spacial score (nSPS) is 19.6. The highest BCUT2D eigenvalue weighted by Crippen LogP contribution is 2.38. The molecule has 126 valence electrons. The molecule has 0 bridgehead atoms. The number of carbonyl (C=O) groups is 1. The van der Waals surface area contributed by atoms with E-state index in [0.717, 1.165) is 31.5 Å². The molecule has 6 heteroatoms. The van der Waals surface area contributed by atoms with Crippen LogP contribution in [0.2, 0.25) is 5.02 Å². The van der Waals surface area contributed by atoms with E-state index in [0.29, 0.717) is 48.6 Å². The minimum absolute atomic E-state index is 0.126. The van der Waals surface area contributed by atoms with Gasteiger partial charge in [0.05, 0.1) is 5.02 Å². The largest absolute Gasteiger partial charge is 0.486 e. The van der Waals surface area contributed by atoms with E-state index < -0.39 is 0 Å². The van der Waals surface area contributed by atoms with Gasteiger partial charge in [-0.05, 0) is 56.0 Å². The van der Waals surface area contributed by atoms with Crippen LogP contribution < -0.4 is 20.1 Å². The Morgan fingerprint density at radius 1 is 1.35 bits per heavy atom. The van der Waals surface area contributed by atoms with Crippen LogP contribution in [-0.2, 0) is 11.2 Å². The maximum absolute atomic E-state index is 11.9. The Morgan fingerprint density at radius 3 is 3.04 bits per heavy atom. The van der Waals surface area contributed by atoms with E-state index in [1.807, 2.05) is 12.1 Å². The third-order valence-electron chi connectivity index (χ3n) is 4.33. The van der Waals surface area contributed by atoms with Crippen LogP contribution in [0.1, 0.15) is 24.8 Å². The smallest absolute Gasteiger partial charge is 0.220 e. The molecule has 1 fully saturated rings. The molecule has 0 radical (unpaired) electrons. The number of rotatable bonds is 6. The van der Waals surface area contributed by atoms with Gasteiger partial charge in [0.15, 0.2) is 11.5 Å². The first kappa shape index (κ1) is 16.4. The summed E-state index contributed by atoms with van der Waals surface area (Å²) >= 11 is 6.21. The predicted octanol–water partition coefficient (Wildman–Crippen LogP) is 2.16. The highest BCUT2D eigenvalue weighted by atomic mass is 35.5. The van der Waals surface area contributed by atoms with Crippen LogP contribution >= 0.6 is 11.6 Å². The molecule has 3 rings (SSSR count). The summed E-state index contributed by atoms with van der Waals surface area (Å²) in [5.41, 5.74) is 1.04. The molecule has 0 aromatic heterocycles. The topological polar surface area (TPSA) is 59.6 Å². The molecule has 0 saturated carbocycles. The molecule has 1 aromatic rings. The zero-order valence-electron chi connectivity index (χ0n) is 13.2. The Labute approximate surface area is 141 Å². The molecule has 1 aromatic carbocycles. The van der Waals surface area contributed by atoms with E-state index in [-0.39, 0.29) is 5.91 Å². The summed E-state index contributed by atoms with van der Waals surface area (Å²) in [7, 11) is 0. The molecule has 0 aliphatic carbocycles. The number of amides is 1. The van der Waals surface area contributed by atoms with Crippen molar-refractivity contribution in [3.05, 3.63) is 22.7 Å². The van der Waals surface area contributed by atoms with Gasteiger partial charge in [-0.3, -0.25) is 4.79 Å². The van der Waals surface area contributed by atoms with Crippen LogP contribution in [0.25, 0.3) is 0 Å². The molecule has 2 N–H and O–H groups in total. The summed E-state index contributed by atoms with van der Waals surface area (Å²) in [4.78, 5) is 11.9. The summed E-state index contributed by atoms with van der Waals surface area (Å²) in [6.07, 6.45) is 3.49. The second-order valence-corrected chi connectivity index (χ2v) is 6.51. The SMILES string of the molecule is O=C(CCC1CCNC1)NCCc1cc(Cl)c2c(c1)OCCO2. The monoisotopic (exact) mass is 338 g/mol. The Bertz CT molecular complexity index is 559. The Kier molecular flexibility index (Phi) is 5.62. The average Bonchev–Trinajstić information content (AvgIpc) is 3.06. The highest BCUT2D eigenvalue weighted by Gasteiger charge is 2.17. The molecule has 1 amide bonds. The van der Waals surface area contributed by atoms with Crippen LogP contribution in [0.5, 0.6) is 11.5 Å². The van der Waals surface area contributed by atoms with Crippen molar-refractivity contribution >= 4 is 17.5 Å². The van der Waals surface area contributed by atoms with E-state index in [1.165, 1.54) is 6.42 Å². The summed E-state index contributed by atoms with van der Waals surface area (Å²) < 4.78 is 11.1. The maximum Gasteiger partial charge on any atom is 0.220 e. The van der Waals surface area contributed by atoms with Gasteiger partial charge in [0, 0.05) is 13.0 Å². The number of nitrogens with one attached hydrogen (secondary N) is 2. The molecule has 2 aliphatic heterocycles. The van der Waals surface area contributed by atoms with Gasteiger partial charge in [0.25, 0.3) is 0 Å². The molecule has 5 nitrogen and oxygen atoms in total. The van der Waals surface area contributed by atoms with Crippen molar-refractivity contribution in [1.29, 1.82) is 0 Å². The summed E-state index contributed by atoms with van der Waals surface area (Å²) in [6, 6.07) is 3.82. The van der Waals surface area contributed by atoms with Crippen LogP contribution in [0.15, 0.2) is 12.1 Å². The van der Waals surface area contributed by atoms with Crippen molar-refractivity contribution in [2.24, 2.45) is 5.92 Å². The van der Waals surface area contributed by atoms with Gasteiger partial charge in [-0.25, -0.2) is 0 Å². The fourth-order valence-electron chi connectivity index (χ4n) is 3.04. The molecule has 1 unspecified atom stereocenters. The molecule has 2 heterocycles.